The van der Waals surface area contributed by atoms with E-state index in [2.05, 4.69) is 4.98 Å². The van der Waals surface area contributed by atoms with Crippen LogP contribution in [0, 0.1) is 0 Å². The number of nitrogens with zero attached hydrogens (tertiary/aromatic N) is 2. The van der Waals surface area contributed by atoms with Gasteiger partial charge < -0.3 is 20.1 Å². The maximum absolute atomic E-state index is 11.4. The van der Waals surface area contributed by atoms with Crippen molar-refractivity contribution >= 4 is 0 Å². The quantitative estimate of drug-likeness (QED) is 0.533. The minimum absolute atomic E-state index is 0.427. The maximum Gasteiger partial charge on any atom is 0.349 e. The molecule has 1 fully saturated rings. The molecule has 0 radical (unpaired) electrons. The Morgan fingerprint density at radius 1 is 1.44 bits per heavy atom. The third kappa shape index (κ3) is 1.74. The van der Waals surface area contributed by atoms with Gasteiger partial charge in [0.25, 0.3) is 0 Å². The maximum atomic E-state index is 11.4. The zero-order valence-corrected chi connectivity index (χ0v) is 8.30. The van der Waals surface area contributed by atoms with E-state index in [9.17, 15) is 15.0 Å². The lowest BCUT2D eigenvalue weighted by atomic mass is 10.1. The first-order valence-corrected chi connectivity index (χ1v) is 4.80. The molecule has 0 aromatic carbocycles. The number of ether oxygens (including phenoxy) is 1. The summed E-state index contributed by atoms with van der Waals surface area (Å²) in [7, 11) is 0. The van der Waals surface area contributed by atoms with Crippen LogP contribution in [0.15, 0.2) is 23.3 Å². The number of hydrogen-bond acceptors (Lipinski definition) is 6. The molecular weight excluding hydrogens is 216 g/mol. The smallest absolute Gasteiger partial charge is 0.349 e. The van der Waals surface area contributed by atoms with E-state index in [0.29, 0.717) is 0 Å². The van der Waals surface area contributed by atoms with Crippen LogP contribution in [-0.2, 0) is 4.74 Å². The highest BCUT2D eigenvalue weighted by Gasteiger charge is 2.43. The molecule has 2 heterocycles. The Balaban J connectivity index is 2.30. The molecule has 1 aliphatic rings. The predicted octanol–water partition coefficient (Wildman–Crippen LogP) is -2.15. The average Bonchev–Trinajstić information content (AvgIpc) is 2.57. The molecule has 0 aliphatic carbocycles. The lowest BCUT2D eigenvalue weighted by molar-refractivity contribution is -0.0549. The fraction of sp³-hybridized carbons (Fsp3) is 0.556. The van der Waals surface area contributed by atoms with Crippen LogP contribution < -0.4 is 5.69 Å². The van der Waals surface area contributed by atoms with Crippen LogP contribution in [0.1, 0.15) is 6.23 Å². The van der Waals surface area contributed by atoms with Crippen molar-refractivity contribution in [3.05, 3.63) is 28.9 Å². The van der Waals surface area contributed by atoms with Gasteiger partial charge in [-0.05, 0) is 6.07 Å². The SMILES string of the molecule is O=c1ncccn1[C@@H]1O[C@H](CO)[C@@H](O)C1O. The molecule has 0 amide bonds. The summed E-state index contributed by atoms with van der Waals surface area (Å²) >= 11 is 0. The number of aliphatic hydroxyl groups is 3. The van der Waals surface area contributed by atoms with Crippen molar-refractivity contribution in [2.45, 2.75) is 24.5 Å². The Bertz CT molecular complexity index is 420. The van der Waals surface area contributed by atoms with Crippen LogP contribution >= 0.6 is 0 Å². The summed E-state index contributed by atoms with van der Waals surface area (Å²) in [5, 5.41) is 28.1. The van der Waals surface area contributed by atoms with Gasteiger partial charge in [-0.15, -0.1) is 0 Å². The number of rotatable bonds is 2. The van der Waals surface area contributed by atoms with E-state index < -0.39 is 36.8 Å². The van der Waals surface area contributed by atoms with Crippen LogP contribution in [0.2, 0.25) is 0 Å². The van der Waals surface area contributed by atoms with Crippen LogP contribution in [-0.4, -0.2) is 49.8 Å². The normalized spacial score (nSPS) is 34.2. The van der Waals surface area contributed by atoms with E-state index in [4.69, 9.17) is 9.84 Å². The van der Waals surface area contributed by atoms with Gasteiger partial charge in [0.1, 0.15) is 18.3 Å². The van der Waals surface area contributed by atoms with Crippen molar-refractivity contribution in [2.75, 3.05) is 6.61 Å². The second kappa shape index (κ2) is 4.30. The van der Waals surface area contributed by atoms with E-state index in [-0.39, 0.29) is 0 Å². The zero-order valence-electron chi connectivity index (χ0n) is 8.30. The Kier molecular flexibility index (Phi) is 3.01. The van der Waals surface area contributed by atoms with E-state index >= 15 is 0 Å². The molecule has 1 aromatic rings. The fourth-order valence-corrected chi connectivity index (χ4v) is 1.67. The Morgan fingerprint density at radius 3 is 2.75 bits per heavy atom. The summed E-state index contributed by atoms with van der Waals surface area (Å²) in [5.41, 5.74) is -0.586. The average molecular weight is 228 g/mol. The summed E-state index contributed by atoms with van der Waals surface area (Å²) in [6.07, 6.45) is -1.68. The zero-order chi connectivity index (χ0) is 11.7. The number of hydrogen-bond donors (Lipinski definition) is 3. The molecule has 7 nitrogen and oxygen atoms in total. The van der Waals surface area contributed by atoms with Gasteiger partial charge in [-0.3, -0.25) is 4.57 Å². The molecule has 1 saturated heterocycles. The van der Waals surface area contributed by atoms with E-state index in [1.807, 2.05) is 0 Å². The molecule has 2 rings (SSSR count). The fourth-order valence-electron chi connectivity index (χ4n) is 1.67. The van der Waals surface area contributed by atoms with Crippen molar-refractivity contribution in [1.29, 1.82) is 0 Å². The predicted molar refractivity (Wildman–Crippen MR) is 51.5 cm³/mol. The van der Waals surface area contributed by atoms with Gasteiger partial charge in [0.15, 0.2) is 6.23 Å². The molecule has 0 spiro atoms. The summed E-state index contributed by atoms with van der Waals surface area (Å²) < 4.78 is 6.25. The molecular formula is C9H12N2O5. The minimum atomic E-state index is -1.26. The van der Waals surface area contributed by atoms with Gasteiger partial charge in [-0.1, -0.05) is 0 Å². The third-order valence-electron chi connectivity index (χ3n) is 2.53. The van der Waals surface area contributed by atoms with Crippen molar-refractivity contribution in [1.82, 2.24) is 9.55 Å². The first-order chi connectivity index (χ1) is 7.65. The first kappa shape index (κ1) is 11.2. The molecule has 16 heavy (non-hydrogen) atoms. The van der Waals surface area contributed by atoms with Crippen LogP contribution in [0.25, 0.3) is 0 Å². The van der Waals surface area contributed by atoms with Crippen molar-refractivity contribution in [3.63, 3.8) is 0 Å². The van der Waals surface area contributed by atoms with Crippen LogP contribution in [0.3, 0.4) is 0 Å². The molecule has 3 N–H and O–H groups in total. The van der Waals surface area contributed by atoms with Gasteiger partial charge in [0.05, 0.1) is 6.61 Å². The number of aromatic nitrogens is 2. The lowest BCUT2D eigenvalue weighted by Crippen LogP contribution is -2.35. The van der Waals surface area contributed by atoms with E-state index in [1.165, 1.54) is 18.5 Å². The highest BCUT2D eigenvalue weighted by Crippen LogP contribution is 2.27. The highest BCUT2D eigenvalue weighted by atomic mass is 16.6. The van der Waals surface area contributed by atoms with Crippen LogP contribution in [0.5, 0.6) is 0 Å². The molecule has 7 heteroatoms. The van der Waals surface area contributed by atoms with Crippen molar-refractivity contribution < 1.29 is 20.1 Å². The molecule has 1 aliphatic heterocycles. The van der Waals surface area contributed by atoms with Gasteiger partial charge in [-0.25, -0.2) is 9.78 Å². The van der Waals surface area contributed by atoms with E-state index in [1.54, 1.807) is 0 Å². The second-order valence-corrected chi connectivity index (χ2v) is 3.54. The summed E-state index contributed by atoms with van der Waals surface area (Å²) in [6.45, 7) is -0.427. The molecule has 4 atom stereocenters. The summed E-state index contributed by atoms with van der Waals surface area (Å²) in [4.78, 5) is 14.9. The van der Waals surface area contributed by atoms with Gasteiger partial charge in [0.2, 0.25) is 0 Å². The first-order valence-electron chi connectivity index (χ1n) is 4.80. The lowest BCUT2D eigenvalue weighted by Gasteiger charge is -2.16. The Labute approximate surface area is 90.6 Å². The van der Waals surface area contributed by atoms with Crippen molar-refractivity contribution in [3.8, 4) is 0 Å². The van der Waals surface area contributed by atoms with Crippen LogP contribution in [0.4, 0.5) is 0 Å². The Hall–Kier alpha value is -1.28. The largest absolute Gasteiger partial charge is 0.394 e. The Morgan fingerprint density at radius 2 is 2.19 bits per heavy atom. The molecule has 0 saturated carbocycles. The third-order valence-corrected chi connectivity index (χ3v) is 2.53. The molecule has 88 valence electrons. The minimum Gasteiger partial charge on any atom is -0.394 e. The highest BCUT2D eigenvalue weighted by molar-refractivity contribution is 4.92. The van der Waals surface area contributed by atoms with Gasteiger partial charge in [0, 0.05) is 12.4 Å². The molecule has 0 bridgehead atoms. The topological polar surface area (TPSA) is 105 Å². The summed E-state index contributed by atoms with van der Waals surface area (Å²) in [5.74, 6) is 0. The number of aliphatic hydroxyl groups excluding tert-OH is 3. The molecule has 1 aromatic heterocycles. The van der Waals surface area contributed by atoms with Crippen molar-refractivity contribution in [2.24, 2.45) is 0 Å². The summed E-state index contributed by atoms with van der Waals surface area (Å²) in [6, 6.07) is 1.51. The second-order valence-electron chi connectivity index (χ2n) is 3.54. The standard InChI is InChI=1S/C9H12N2O5/c12-4-5-6(13)7(14)8(16-5)11-3-1-2-10-9(11)15/h1-3,5-8,12-14H,4H2/t5-,6-,7?,8-/m1/s1. The monoisotopic (exact) mass is 228 g/mol. The van der Waals surface area contributed by atoms with Gasteiger partial charge in [-0.2, -0.15) is 0 Å². The van der Waals surface area contributed by atoms with E-state index in [0.717, 1.165) is 4.57 Å². The van der Waals surface area contributed by atoms with Gasteiger partial charge >= 0.3 is 5.69 Å². The molecule has 1 unspecified atom stereocenters.